The molecule has 2 aromatic carbocycles. The van der Waals surface area contributed by atoms with Crippen molar-refractivity contribution in [3.05, 3.63) is 82.8 Å². The van der Waals surface area contributed by atoms with Crippen LogP contribution >= 0.6 is 11.6 Å². The van der Waals surface area contributed by atoms with Gasteiger partial charge >= 0.3 is 0 Å². The van der Waals surface area contributed by atoms with Gasteiger partial charge in [-0.15, -0.1) is 0 Å². The van der Waals surface area contributed by atoms with Crippen LogP contribution in [0.1, 0.15) is 27.6 Å². The van der Waals surface area contributed by atoms with Crippen LogP contribution in [0.5, 0.6) is 0 Å². The summed E-state index contributed by atoms with van der Waals surface area (Å²) in [5.74, 6) is -0.469. The highest BCUT2D eigenvalue weighted by molar-refractivity contribution is 6.31. The van der Waals surface area contributed by atoms with Crippen molar-refractivity contribution in [2.24, 2.45) is 0 Å². The van der Waals surface area contributed by atoms with Gasteiger partial charge in [0.15, 0.2) is 5.78 Å². The third kappa shape index (κ3) is 4.68. The minimum atomic E-state index is -0.515. The second-order valence-corrected chi connectivity index (χ2v) is 6.18. The third-order valence-corrected chi connectivity index (χ3v) is 4.05. The molecule has 3 rings (SSSR count). The maximum Gasteiger partial charge on any atom is 0.255 e. The number of amides is 1. The molecule has 5 nitrogen and oxygen atoms in total. The van der Waals surface area contributed by atoms with Crippen molar-refractivity contribution < 1.29 is 14.0 Å². The summed E-state index contributed by atoms with van der Waals surface area (Å²) in [6.45, 7) is 1.48. The Morgan fingerprint density at radius 2 is 1.67 bits per heavy atom. The van der Waals surface area contributed by atoms with Crippen LogP contribution < -0.4 is 10.6 Å². The van der Waals surface area contributed by atoms with E-state index >= 15 is 0 Å². The third-order valence-electron chi connectivity index (χ3n) is 3.76. The molecule has 1 aromatic heterocycles. The molecule has 0 aliphatic carbocycles. The lowest BCUT2D eigenvalue weighted by atomic mass is 10.1. The number of anilines is 3. The van der Waals surface area contributed by atoms with Gasteiger partial charge in [-0.25, -0.2) is 9.37 Å². The summed E-state index contributed by atoms with van der Waals surface area (Å²) in [5.41, 5.74) is 2.07. The van der Waals surface area contributed by atoms with E-state index in [1.54, 1.807) is 36.4 Å². The average molecular weight is 384 g/mol. The van der Waals surface area contributed by atoms with Crippen molar-refractivity contribution >= 4 is 40.5 Å². The molecular weight excluding hydrogens is 369 g/mol. The van der Waals surface area contributed by atoms with E-state index in [0.717, 1.165) is 0 Å². The Labute approximate surface area is 160 Å². The van der Waals surface area contributed by atoms with Gasteiger partial charge in [-0.1, -0.05) is 11.6 Å². The molecule has 1 heterocycles. The summed E-state index contributed by atoms with van der Waals surface area (Å²) in [7, 11) is 0. The summed E-state index contributed by atoms with van der Waals surface area (Å²) in [6, 6.07) is 14.0. The molecule has 1 amide bonds. The van der Waals surface area contributed by atoms with Crippen molar-refractivity contribution in [3.8, 4) is 0 Å². The van der Waals surface area contributed by atoms with E-state index in [9.17, 15) is 14.0 Å². The zero-order valence-electron chi connectivity index (χ0n) is 14.3. The average Bonchev–Trinajstić information content (AvgIpc) is 2.65. The van der Waals surface area contributed by atoms with Gasteiger partial charge in [-0.2, -0.15) is 0 Å². The van der Waals surface area contributed by atoms with E-state index < -0.39 is 5.82 Å². The Balaban J connectivity index is 1.73. The molecule has 0 bridgehead atoms. The van der Waals surface area contributed by atoms with Crippen LogP contribution in [0.25, 0.3) is 0 Å². The van der Waals surface area contributed by atoms with Gasteiger partial charge in [-0.3, -0.25) is 9.59 Å². The standard InChI is InChI=1S/C20H15ClFN3O2/c1-12(26)13-2-4-15(5-3-13)25-20(27)14-8-9-23-19(10-14)24-16-6-7-18(22)17(21)11-16/h2-11H,1H3,(H,23,24)(H,25,27). The predicted molar refractivity (Wildman–Crippen MR) is 103 cm³/mol. The van der Waals surface area contributed by atoms with Crippen LogP contribution in [0.4, 0.5) is 21.6 Å². The zero-order chi connectivity index (χ0) is 19.4. The number of hydrogen-bond acceptors (Lipinski definition) is 4. The lowest BCUT2D eigenvalue weighted by Gasteiger charge is -2.09. The minimum Gasteiger partial charge on any atom is -0.340 e. The molecule has 0 saturated carbocycles. The number of pyridine rings is 1. The van der Waals surface area contributed by atoms with Crippen LogP contribution in [0.2, 0.25) is 5.02 Å². The molecule has 2 N–H and O–H groups in total. The SMILES string of the molecule is CC(=O)c1ccc(NC(=O)c2ccnc(Nc3ccc(F)c(Cl)c3)c2)cc1. The van der Waals surface area contributed by atoms with Gasteiger partial charge < -0.3 is 10.6 Å². The molecule has 0 fully saturated rings. The smallest absolute Gasteiger partial charge is 0.255 e. The number of nitrogens with zero attached hydrogens (tertiary/aromatic N) is 1. The van der Waals surface area contributed by atoms with Crippen LogP contribution in [-0.2, 0) is 0 Å². The van der Waals surface area contributed by atoms with Gasteiger partial charge in [0.1, 0.15) is 11.6 Å². The Morgan fingerprint density at radius 1 is 0.963 bits per heavy atom. The van der Waals surface area contributed by atoms with E-state index in [0.29, 0.717) is 28.3 Å². The van der Waals surface area contributed by atoms with Gasteiger partial charge in [0.2, 0.25) is 0 Å². The quantitative estimate of drug-likeness (QED) is 0.603. The van der Waals surface area contributed by atoms with E-state index in [-0.39, 0.29) is 16.7 Å². The number of carbonyl (C=O) groups is 2. The van der Waals surface area contributed by atoms with Gasteiger partial charge in [0.25, 0.3) is 5.91 Å². The number of benzene rings is 2. The Morgan fingerprint density at radius 3 is 2.33 bits per heavy atom. The maximum atomic E-state index is 13.2. The number of hydrogen-bond donors (Lipinski definition) is 2. The molecule has 136 valence electrons. The van der Waals surface area contributed by atoms with Crippen molar-refractivity contribution in [2.45, 2.75) is 6.92 Å². The van der Waals surface area contributed by atoms with Gasteiger partial charge in [0.05, 0.1) is 5.02 Å². The first-order chi connectivity index (χ1) is 12.9. The lowest BCUT2D eigenvalue weighted by molar-refractivity contribution is 0.101. The number of nitrogens with one attached hydrogen (secondary N) is 2. The molecular formula is C20H15ClFN3O2. The van der Waals surface area contributed by atoms with E-state index in [1.165, 1.54) is 31.3 Å². The number of halogens is 2. The first kappa shape index (κ1) is 18.5. The fourth-order valence-electron chi connectivity index (χ4n) is 2.35. The van der Waals surface area contributed by atoms with Crippen LogP contribution in [0.3, 0.4) is 0 Å². The number of carbonyl (C=O) groups excluding carboxylic acids is 2. The molecule has 0 atom stereocenters. The van der Waals surface area contributed by atoms with E-state index in [4.69, 9.17) is 11.6 Å². The molecule has 0 aliphatic rings. The van der Waals surface area contributed by atoms with Crippen molar-refractivity contribution in [1.82, 2.24) is 4.98 Å². The van der Waals surface area contributed by atoms with Crippen molar-refractivity contribution in [3.63, 3.8) is 0 Å². The minimum absolute atomic E-state index is 0.0112. The Kier molecular flexibility index (Phi) is 5.47. The summed E-state index contributed by atoms with van der Waals surface area (Å²) >= 11 is 5.76. The molecule has 0 saturated heterocycles. The topological polar surface area (TPSA) is 71.1 Å². The molecule has 0 radical (unpaired) electrons. The highest BCUT2D eigenvalue weighted by Gasteiger charge is 2.09. The largest absolute Gasteiger partial charge is 0.340 e. The molecule has 7 heteroatoms. The normalized spacial score (nSPS) is 10.3. The van der Waals surface area contributed by atoms with Gasteiger partial charge in [-0.05, 0) is 61.5 Å². The second kappa shape index (κ2) is 7.97. The Bertz CT molecular complexity index is 1010. The number of ketones is 1. The highest BCUT2D eigenvalue weighted by Crippen LogP contribution is 2.22. The molecule has 0 aliphatic heterocycles. The fraction of sp³-hybridized carbons (Fsp3) is 0.0500. The summed E-state index contributed by atoms with van der Waals surface area (Å²) in [5, 5.41) is 5.72. The summed E-state index contributed by atoms with van der Waals surface area (Å²) < 4.78 is 13.2. The molecule has 0 unspecified atom stereocenters. The Hall–Kier alpha value is -3.25. The van der Waals surface area contributed by atoms with Crippen LogP contribution in [-0.4, -0.2) is 16.7 Å². The lowest BCUT2D eigenvalue weighted by Crippen LogP contribution is -2.12. The second-order valence-electron chi connectivity index (χ2n) is 5.77. The van der Waals surface area contributed by atoms with Crippen LogP contribution in [0, 0.1) is 5.82 Å². The first-order valence-electron chi connectivity index (χ1n) is 8.03. The number of aromatic nitrogens is 1. The first-order valence-corrected chi connectivity index (χ1v) is 8.40. The van der Waals surface area contributed by atoms with E-state index in [2.05, 4.69) is 15.6 Å². The predicted octanol–water partition coefficient (Wildman–Crippen LogP) is 5.07. The summed E-state index contributed by atoms with van der Waals surface area (Å²) in [6.07, 6.45) is 1.49. The molecule has 0 spiro atoms. The van der Waals surface area contributed by atoms with E-state index in [1.807, 2.05) is 0 Å². The van der Waals surface area contributed by atoms with Gasteiger partial charge in [0, 0.05) is 28.7 Å². The highest BCUT2D eigenvalue weighted by atomic mass is 35.5. The molecule has 27 heavy (non-hydrogen) atoms. The monoisotopic (exact) mass is 383 g/mol. The fourth-order valence-corrected chi connectivity index (χ4v) is 2.53. The maximum absolute atomic E-state index is 13.2. The number of rotatable bonds is 5. The summed E-state index contributed by atoms with van der Waals surface area (Å²) in [4.78, 5) is 27.9. The zero-order valence-corrected chi connectivity index (χ0v) is 15.0. The molecule has 3 aromatic rings. The number of Topliss-reactive ketones (excluding diaryl/α,β-unsaturated/α-hetero) is 1. The van der Waals surface area contributed by atoms with Crippen LogP contribution in [0.15, 0.2) is 60.8 Å². The van der Waals surface area contributed by atoms with Crippen molar-refractivity contribution in [2.75, 3.05) is 10.6 Å². The van der Waals surface area contributed by atoms with Crippen molar-refractivity contribution in [1.29, 1.82) is 0 Å².